The molecular formula is C15H16N4O. The van der Waals surface area contributed by atoms with Gasteiger partial charge in [-0.25, -0.2) is 5.01 Å². The van der Waals surface area contributed by atoms with Gasteiger partial charge in [0.15, 0.2) is 0 Å². The van der Waals surface area contributed by atoms with Crippen LogP contribution in [0.3, 0.4) is 0 Å². The third-order valence-electron chi connectivity index (χ3n) is 3.09. The Balaban J connectivity index is 1.81. The van der Waals surface area contributed by atoms with Crippen LogP contribution in [0.25, 0.3) is 0 Å². The van der Waals surface area contributed by atoms with Crippen molar-refractivity contribution in [1.29, 1.82) is 0 Å². The van der Waals surface area contributed by atoms with E-state index in [1.165, 1.54) is 0 Å². The minimum Gasteiger partial charge on any atom is -0.497 e. The maximum atomic E-state index is 6.06. The van der Waals surface area contributed by atoms with E-state index in [0.29, 0.717) is 5.82 Å². The second-order valence-corrected chi connectivity index (χ2v) is 4.39. The van der Waals surface area contributed by atoms with Crippen molar-refractivity contribution in [3.63, 3.8) is 0 Å². The molecule has 0 saturated carbocycles. The molecule has 0 fully saturated rings. The van der Waals surface area contributed by atoms with Crippen molar-refractivity contribution >= 4 is 11.4 Å². The predicted octanol–water partition coefficient (Wildman–Crippen LogP) is 2.20. The van der Waals surface area contributed by atoms with E-state index in [1.54, 1.807) is 7.11 Å². The van der Waals surface area contributed by atoms with Gasteiger partial charge in [0.1, 0.15) is 11.6 Å². The van der Waals surface area contributed by atoms with Crippen molar-refractivity contribution in [2.24, 2.45) is 5.73 Å². The number of nitrogens with one attached hydrogen (secondary N) is 1. The van der Waals surface area contributed by atoms with Gasteiger partial charge in [-0.2, -0.15) is 0 Å². The summed E-state index contributed by atoms with van der Waals surface area (Å²) in [6, 6.07) is 17.7. The summed E-state index contributed by atoms with van der Waals surface area (Å²) < 4.78 is 5.15. The number of para-hydroxylation sites is 1. The van der Waals surface area contributed by atoms with E-state index < -0.39 is 0 Å². The van der Waals surface area contributed by atoms with Gasteiger partial charge in [-0.15, -0.1) is 5.53 Å². The van der Waals surface area contributed by atoms with Crippen LogP contribution in [-0.2, 0) is 0 Å². The van der Waals surface area contributed by atoms with Crippen molar-refractivity contribution in [3.8, 4) is 5.75 Å². The van der Waals surface area contributed by atoms with Crippen molar-refractivity contribution in [3.05, 3.63) is 66.6 Å². The summed E-state index contributed by atoms with van der Waals surface area (Å²) in [5, 5.41) is 3.69. The van der Waals surface area contributed by atoms with E-state index in [9.17, 15) is 0 Å². The van der Waals surface area contributed by atoms with Gasteiger partial charge in [-0.05, 0) is 36.4 Å². The van der Waals surface area contributed by atoms with Crippen molar-refractivity contribution in [1.82, 2.24) is 5.53 Å². The molecule has 0 unspecified atom stereocenters. The fourth-order valence-corrected chi connectivity index (χ4v) is 2.04. The van der Waals surface area contributed by atoms with Gasteiger partial charge in [0.05, 0.1) is 24.7 Å². The zero-order valence-corrected chi connectivity index (χ0v) is 11.2. The molecule has 0 bridgehead atoms. The normalized spacial score (nSPS) is 14.3. The Morgan fingerprint density at radius 3 is 2.30 bits per heavy atom. The highest BCUT2D eigenvalue weighted by Crippen LogP contribution is 2.24. The van der Waals surface area contributed by atoms with Gasteiger partial charge in [-0.3, -0.25) is 5.01 Å². The van der Waals surface area contributed by atoms with Gasteiger partial charge >= 0.3 is 0 Å². The van der Waals surface area contributed by atoms with Crippen LogP contribution in [0.1, 0.15) is 0 Å². The molecule has 0 radical (unpaired) electrons. The summed E-state index contributed by atoms with van der Waals surface area (Å²) in [6.45, 7) is 0. The number of hydrazine groups is 2. The Labute approximate surface area is 117 Å². The maximum Gasteiger partial charge on any atom is 0.138 e. The summed E-state index contributed by atoms with van der Waals surface area (Å²) >= 11 is 0. The molecule has 0 spiro atoms. The third-order valence-corrected chi connectivity index (χ3v) is 3.09. The first-order valence-electron chi connectivity index (χ1n) is 6.30. The summed E-state index contributed by atoms with van der Waals surface area (Å²) in [5.74, 6) is 1.44. The average molecular weight is 268 g/mol. The number of hydrogen-bond acceptors (Lipinski definition) is 5. The highest BCUT2D eigenvalue weighted by Gasteiger charge is 2.20. The molecule has 20 heavy (non-hydrogen) atoms. The van der Waals surface area contributed by atoms with Gasteiger partial charge < -0.3 is 10.5 Å². The minimum absolute atomic E-state index is 0.624. The molecule has 1 aliphatic rings. The number of nitrogens with two attached hydrogens (primary N) is 1. The smallest absolute Gasteiger partial charge is 0.138 e. The van der Waals surface area contributed by atoms with Crippen LogP contribution in [0.15, 0.2) is 66.6 Å². The molecule has 0 aromatic heterocycles. The number of benzene rings is 2. The van der Waals surface area contributed by atoms with Gasteiger partial charge in [0.2, 0.25) is 0 Å². The van der Waals surface area contributed by atoms with Crippen LogP contribution in [0.5, 0.6) is 5.75 Å². The number of rotatable bonds is 3. The highest BCUT2D eigenvalue weighted by atomic mass is 16.5. The first kappa shape index (κ1) is 12.4. The quantitative estimate of drug-likeness (QED) is 0.893. The predicted molar refractivity (Wildman–Crippen MR) is 79.8 cm³/mol. The molecule has 2 aromatic rings. The molecule has 1 heterocycles. The summed E-state index contributed by atoms with van der Waals surface area (Å²) in [7, 11) is 1.65. The molecule has 0 atom stereocenters. The molecule has 5 heteroatoms. The molecule has 3 rings (SSSR count). The molecule has 0 amide bonds. The SMILES string of the molecule is COc1ccc(N2NN(c3ccccc3)C=C2N)cc1. The minimum atomic E-state index is 0.624. The van der Waals surface area contributed by atoms with Gasteiger partial charge in [-0.1, -0.05) is 18.2 Å². The Hall–Kier alpha value is -2.66. The van der Waals surface area contributed by atoms with E-state index >= 15 is 0 Å². The molecule has 5 nitrogen and oxygen atoms in total. The fraction of sp³-hybridized carbons (Fsp3) is 0.0667. The van der Waals surface area contributed by atoms with Crippen molar-refractivity contribution in [2.45, 2.75) is 0 Å². The van der Waals surface area contributed by atoms with E-state index in [1.807, 2.05) is 70.8 Å². The lowest BCUT2D eigenvalue weighted by Gasteiger charge is -2.23. The molecule has 102 valence electrons. The summed E-state index contributed by atoms with van der Waals surface area (Å²) in [6.07, 6.45) is 1.85. The first-order valence-corrected chi connectivity index (χ1v) is 6.30. The monoisotopic (exact) mass is 268 g/mol. The van der Waals surface area contributed by atoms with Gasteiger partial charge in [0.25, 0.3) is 0 Å². The molecule has 0 saturated heterocycles. The Kier molecular flexibility index (Phi) is 3.18. The van der Waals surface area contributed by atoms with Crippen LogP contribution in [0.2, 0.25) is 0 Å². The molecule has 2 aromatic carbocycles. The van der Waals surface area contributed by atoms with Crippen LogP contribution in [0.4, 0.5) is 11.4 Å². The number of nitrogens with zero attached hydrogens (tertiary/aromatic N) is 2. The third kappa shape index (κ3) is 2.26. The van der Waals surface area contributed by atoms with E-state index in [0.717, 1.165) is 17.1 Å². The average Bonchev–Trinajstić information content (AvgIpc) is 2.90. The van der Waals surface area contributed by atoms with Crippen LogP contribution >= 0.6 is 0 Å². The largest absolute Gasteiger partial charge is 0.497 e. The lowest BCUT2D eigenvalue weighted by atomic mass is 10.3. The Morgan fingerprint density at radius 1 is 0.950 bits per heavy atom. The number of methoxy groups -OCH3 is 1. The molecular weight excluding hydrogens is 252 g/mol. The molecule has 3 N–H and O–H groups in total. The van der Waals surface area contributed by atoms with Crippen LogP contribution in [-0.4, -0.2) is 7.11 Å². The highest BCUT2D eigenvalue weighted by molar-refractivity contribution is 5.59. The zero-order chi connectivity index (χ0) is 13.9. The second-order valence-electron chi connectivity index (χ2n) is 4.39. The standard InChI is InChI=1S/C15H16N4O/c1-20-14-9-7-13(8-10-14)19-15(16)11-18(17-19)12-5-3-2-4-6-12/h2-11,17H,16H2,1H3. The van der Waals surface area contributed by atoms with Gasteiger partial charge in [0, 0.05) is 0 Å². The summed E-state index contributed by atoms with van der Waals surface area (Å²) in [4.78, 5) is 0. The summed E-state index contributed by atoms with van der Waals surface area (Å²) in [5.41, 5.74) is 11.2. The van der Waals surface area contributed by atoms with Crippen molar-refractivity contribution < 1.29 is 4.74 Å². The lowest BCUT2D eigenvalue weighted by Crippen LogP contribution is -2.42. The van der Waals surface area contributed by atoms with E-state index in [2.05, 4.69) is 5.53 Å². The second kappa shape index (κ2) is 5.14. The topological polar surface area (TPSA) is 53.8 Å². The molecule has 1 aliphatic heterocycles. The first-order chi connectivity index (χ1) is 9.78. The fourth-order valence-electron chi connectivity index (χ4n) is 2.04. The number of ether oxygens (including phenoxy) is 1. The van der Waals surface area contributed by atoms with E-state index in [4.69, 9.17) is 10.5 Å². The molecule has 0 aliphatic carbocycles. The number of anilines is 2. The Morgan fingerprint density at radius 2 is 1.65 bits per heavy atom. The maximum absolute atomic E-state index is 6.06. The van der Waals surface area contributed by atoms with Crippen LogP contribution < -0.4 is 26.0 Å². The lowest BCUT2D eigenvalue weighted by molar-refractivity contribution is 0.415. The van der Waals surface area contributed by atoms with E-state index in [-0.39, 0.29) is 0 Å². The number of hydrogen-bond donors (Lipinski definition) is 2. The van der Waals surface area contributed by atoms with Crippen LogP contribution in [0, 0.1) is 0 Å². The van der Waals surface area contributed by atoms with Crippen molar-refractivity contribution in [2.75, 3.05) is 17.1 Å². The Bertz CT molecular complexity index is 610. The zero-order valence-electron chi connectivity index (χ0n) is 11.2.